The van der Waals surface area contributed by atoms with Crippen LogP contribution < -0.4 is 5.32 Å². The summed E-state index contributed by atoms with van der Waals surface area (Å²) in [7, 11) is 0. The topological polar surface area (TPSA) is 52.9 Å². The molecule has 0 bridgehead atoms. The fourth-order valence-electron chi connectivity index (χ4n) is 4.00. The summed E-state index contributed by atoms with van der Waals surface area (Å²) >= 11 is 5.85. The highest BCUT2D eigenvalue weighted by molar-refractivity contribution is 6.30. The Morgan fingerprint density at radius 3 is 2.28 bits per heavy atom. The van der Waals surface area contributed by atoms with Crippen molar-refractivity contribution >= 4 is 17.5 Å². The molecule has 1 aromatic carbocycles. The van der Waals surface area contributed by atoms with Crippen LogP contribution in [-0.4, -0.2) is 5.91 Å². The number of benzene rings is 1. The summed E-state index contributed by atoms with van der Waals surface area (Å²) in [6.07, 6.45) is 7.64. The van der Waals surface area contributed by atoms with Gasteiger partial charge in [-0.15, -0.1) is 0 Å². The molecule has 1 unspecified atom stereocenters. The van der Waals surface area contributed by atoms with E-state index in [-0.39, 0.29) is 28.3 Å². The van der Waals surface area contributed by atoms with Crippen LogP contribution in [-0.2, 0) is 4.79 Å². The Balaban J connectivity index is 0.00000109. The first-order valence-corrected chi connectivity index (χ1v) is 9.15. The predicted octanol–water partition coefficient (Wildman–Crippen LogP) is 5.30. The second-order valence-corrected chi connectivity index (χ2v) is 7.18. The van der Waals surface area contributed by atoms with Gasteiger partial charge >= 0.3 is 0 Å². The molecular formula is C19H23ClF2N2O. The quantitative estimate of drug-likeness (QED) is 0.733. The third-order valence-corrected chi connectivity index (χ3v) is 5.58. The van der Waals surface area contributed by atoms with Crippen LogP contribution in [0.3, 0.4) is 0 Å². The largest absolute Gasteiger partial charge is 0.349 e. The minimum Gasteiger partial charge on any atom is -0.349 e. The summed E-state index contributed by atoms with van der Waals surface area (Å²) < 4.78 is 28.8. The molecule has 3 rings (SSSR count). The third-order valence-electron chi connectivity index (χ3n) is 5.29. The SMILES string of the molecule is C#N.O=C(NC(c1c(F)ccc(Cl)c1F)C1CCCC1)C1CCCC1. The number of hydrogen-bond acceptors (Lipinski definition) is 2. The number of nitriles is 1. The van der Waals surface area contributed by atoms with E-state index in [2.05, 4.69) is 11.9 Å². The van der Waals surface area contributed by atoms with Crippen LogP contribution in [0.15, 0.2) is 12.1 Å². The summed E-state index contributed by atoms with van der Waals surface area (Å²) in [5, 5.41) is 9.35. The van der Waals surface area contributed by atoms with Gasteiger partial charge in [0.1, 0.15) is 11.6 Å². The molecule has 1 N–H and O–H groups in total. The zero-order valence-electron chi connectivity index (χ0n) is 14.1. The lowest BCUT2D eigenvalue weighted by atomic mass is 9.90. The van der Waals surface area contributed by atoms with E-state index in [9.17, 15) is 13.6 Å². The molecule has 6 heteroatoms. The molecule has 0 aliphatic heterocycles. The maximum atomic E-state index is 14.5. The van der Waals surface area contributed by atoms with Crippen molar-refractivity contribution in [3.05, 3.63) is 34.4 Å². The zero-order chi connectivity index (χ0) is 18.4. The van der Waals surface area contributed by atoms with E-state index >= 15 is 0 Å². The lowest BCUT2D eigenvalue weighted by molar-refractivity contribution is -0.126. The Morgan fingerprint density at radius 2 is 1.68 bits per heavy atom. The smallest absolute Gasteiger partial charge is 0.223 e. The Bertz CT molecular complexity index is 623. The highest BCUT2D eigenvalue weighted by Crippen LogP contribution is 2.39. The minimum absolute atomic E-state index is 0.0239. The maximum Gasteiger partial charge on any atom is 0.223 e. The van der Waals surface area contributed by atoms with E-state index in [4.69, 9.17) is 16.9 Å². The fraction of sp³-hybridized carbons (Fsp3) is 0.579. The van der Waals surface area contributed by atoms with Gasteiger partial charge in [0.15, 0.2) is 0 Å². The first-order valence-electron chi connectivity index (χ1n) is 8.77. The van der Waals surface area contributed by atoms with E-state index in [1.807, 2.05) is 0 Å². The number of amides is 1. The molecule has 2 saturated carbocycles. The average Bonchev–Trinajstić information content (AvgIpc) is 3.32. The molecule has 0 spiro atoms. The lowest BCUT2D eigenvalue weighted by Gasteiger charge is -2.27. The van der Waals surface area contributed by atoms with Crippen LogP contribution in [0.25, 0.3) is 0 Å². The summed E-state index contributed by atoms with van der Waals surface area (Å²) in [6.45, 7) is 3.50. The molecule has 2 fully saturated rings. The molecule has 0 saturated heterocycles. The van der Waals surface area contributed by atoms with Crippen molar-refractivity contribution in [3.63, 3.8) is 0 Å². The van der Waals surface area contributed by atoms with Crippen molar-refractivity contribution in [1.29, 1.82) is 5.26 Å². The normalized spacial score (nSPS) is 19.2. The van der Waals surface area contributed by atoms with Gasteiger partial charge in [-0.1, -0.05) is 37.3 Å². The van der Waals surface area contributed by atoms with Gasteiger partial charge in [0, 0.05) is 18.1 Å². The van der Waals surface area contributed by atoms with E-state index < -0.39 is 17.7 Å². The Morgan fingerprint density at radius 1 is 1.12 bits per heavy atom. The molecule has 0 aromatic heterocycles. The first kappa shape index (κ1) is 19.7. The zero-order valence-corrected chi connectivity index (χ0v) is 14.9. The molecular weight excluding hydrogens is 346 g/mol. The molecule has 0 heterocycles. The van der Waals surface area contributed by atoms with Gasteiger partial charge in [-0.05, 0) is 43.7 Å². The molecule has 1 aromatic rings. The van der Waals surface area contributed by atoms with E-state index in [0.29, 0.717) is 0 Å². The van der Waals surface area contributed by atoms with Gasteiger partial charge in [0.05, 0.1) is 11.1 Å². The van der Waals surface area contributed by atoms with Crippen LogP contribution in [0.1, 0.15) is 63.0 Å². The van der Waals surface area contributed by atoms with Gasteiger partial charge < -0.3 is 5.32 Å². The van der Waals surface area contributed by atoms with E-state index in [1.54, 1.807) is 0 Å². The van der Waals surface area contributed by atoms with Crippen molar-refractivity contribution in [2.45, 2.75) is 57.4 Å². The highest BCUT2D eigenvalue weighted by atomic mass is 35.5. The van der Waals surface area contributed by atoms with Crippen LogP contribution in [0.4, 0.5) is 8.78 Å². The lowest BCUT2D eigenvalue weighted by Crippen LogP contribution is -2.37. The number of carbonyl (C=O) groups is 1. The molecule has 1 amide bonds. The summed E-state index contributed by atoms with van der Waals surface area (Å²) in [6, 6.07) is 1.79. The monoisotopic (exact) mass is 368 g/mol. The van der Waals surface area contributed by atoms with Gasteiger partial charge in [-0.3, -0.25) is 4.79 Å². The van der Waals surface area contributed by atoms with Gasteiger partial charge in [0.2, 0.25) is 5.91 Å². The molecule has 25 heavy (non-hydrogen) atoms. The Kier molecular flexibility index (Phi) is 7.19. The maximum absolute atomic E-state index is 14.5. The van der Waals surface area contributed by atoms with E-state index in [0.717, 1.165) is 51.4 Å². The van der Waals surface area contributed by atoms with Crippen LogP contribution >= 0.6 is 11.6 Å². The second-order valence-electron chi connectivity index (χ2n) is 6.77. The van der Waals surface area contributed by atoms with Gasteiger partial charge in [-0.25, -0.2) is 14.0 Å². The second kappa shape index (κ2) is 9.15. The number of nitrogens with one attached hydrogen (secondary N) is 1. The molecule has 0 radical (unpaired) electrons. The number of nitrogens with zero attached hydrogens (tertiary/aromatic N) is 1. The van der Waals surface area contributed by atoms with Crippen molar-refractivity contribution in [1.82, 2.24) is 5.32 Å². The standard InChI is InChI=1S/C18H22ClF2NO.CHN/c19-13-9-10-14(20)15(16(13)21)17(11-5-1-2-6-11)22-18(23)12-7-3-4-8-12;1-2/h9-12,17H,1-8H2,(H,22,23);1H. The van der Waals surface area contributed by atoms with Crippen molar-refractivity contribution in [3.8, 4) is 6.57 Å². The number of halogens is 3. The Labute approximate surface area is 152 Å². The molecule has 2 aliphatic rings. The number of hydrogen-bond donors (Lipinski definition) is 1. The molecule has 136 valence electrons. The Hall–Kier alpha value is -1.67. The van der Waals surface area contributed by atoms with Crippen molar-refractivity contribution in [2.75, 3.05) is 0 Å². The van der Waals surface area contributed by atoms with Gasteiger partial charge in [0.25, 0.3) is 0 Å². The summed E-state index contributed by atoms with van der Waals surface area (Å²) in [4.78, 5) is 12.5. The third kappa shape index (κ3) is 4.49. The van der Waals surface area contributed by atoms with Crippen molar-refractivity contribution < 1.29 is 13.6 Å². The predicted molar refractivity (Wildman–Crippen MR) is 92.8 cm³/mol. The number of rotatable bonds is 4. The molecule has 2 aliphatic carbocycles. The molecule has 1 atom stereocenters. The average molecular weight is 369 g/mol. The fourth-order valence-corrected chi connectivity index (χ4v) is 4.17. The van der Waals surface area contributed by atoms with Gasteiger partial charge in [-0.2, -0.15) is 0 Å². The van der Waals surface area contributed by atoms with Crippen molar-refractivity contribution in [2.24, 2.45) is 11.8 Å². The van der Waals surface area contributed by atoms with Crippen LogP contribution in [0, 0.1) is 35.3 Å². The first-order chi connectivity index (χ1) is 12.1. The molecule has 3 nitrogen and oxygen atoms in total. The van der Waals surface area contributed by atoms with Crippen LogP contribution in [0.2, 0.25) is 5.02 Å². The van der Waals surface area contributed by atoms with E-state index in [1.165, 1.54) is 12.1 Å². The summed E-state index contributed by atoms with van der Waals surface area (Å²) in [5.74, 6) is -1.39. The number of carbonyl (C=O) groups excluding carboxylic acids is 1. The minimum atomic E-state index is -0.740. The highest BCUT2D eigenvalue weighted by Gasteiger charge is 2.34. The summed E-state index contributed by atoms with van der Waals surface area (Å²) in [5.41, 5.74) is -0.0734. The van der Waals surface area contributed by atoms with Crippen LogP contribution in [0.5, 0.6) is 0 Å².